The quantitative estimate of drug-likeness (QED) is 0.220. The van der Waals surface area contributed by atoms with E-state index in [9.17, 15) is 0 Å². The molecule has 5 unspecified atom stereocenters. The second kappa shape index (κ2) is 15.4. The van der Waals surface area contributed by atoms with Crippen LogP contribution in [-0.4, -0.2) is 30.5 Å². The molecule has 6 heteroatoms. The summed E-state index contributed by atoms with van der Waals surface area (Å²) >= 11 is -0.556. The van der Waals surface area contributed by atoms with Crippen LogP contribution in [0.15, 0.2) is 84.0 Å². The molecule has 5 aliphatic rings. The van der Waals surface area contributed by atoms with Gasteiger partial charge < -0.3 is 17.3 Å². The topological polar surface area (TPSA) is 17.3 Å². The first-order chi connectivity index (χ1) is 23.7. The molecule has 6 rings (SSSR count). The summed E-state index contributed by atoms with van der Waals surface area (Å²) in [5.41, 5.74) is 9.32. The molecule has 0 amide bonds. The number of hydrogen-bond donors (Lipinski definition) is 0. The summed E-state index contributed by atoms with van der Waals surface area (Å²) in [6.45, 7) is 38.6. The zero-order valence-corrected chi connectivity index (χ0v) is 40.2. The van der Waals surface area contributed by atoms with Crippen molar-refractivity contribution in [3.05, 3.63) is 113 Å². The van der Waals surface area contributed by atoms with Crippen molar-refractivity contribution in [3.8, 4) is 0 Å². The zero-order valence-electron chi connectivity index (χ0n) is 36.1. The second-order valence-electron chi connectivity index (χ2n) is 21.3. The molecule has 2 fully saturated rings. The van der Waals surface area contributed by atoms with Gasteiger partial charge in [-0.25, -0.2) is 0 Å². The van der Waals surface area contributed by atoms with E-state index >= 15 is 0 Å². The zero-order chi connectivity index (χ0) is 39.0. The molecule has 0 N–H and O–H groups in total. The van der Waals surface area contributed by atoms with E-state index in [1.807, 2.05) is 0 Å². The molecule has 2 nitrogen and oxygen atoms in total. The van der Waals surface area contributed by atoms with Crippen molar-refractivity contribution in [2.75, 3.05) is 0 Å². The predicted molar refractivity (Wildman–Crippen MR) is 234 cm³/mol. The molecule has 6 atom stereocenters. The van der Waals surface area contributed by atoms with Gasteiger partial charge in [-0.3, -0.25) is 0 Å². The Morgan fingerprint density at radius 3 is 1.51 bits per heavy atom. The Balaban J connectivity index is 0.00000152. The van der Waals surface area contributed by atoms with Crippen molar-refractivity contribution in [2.24, 2.45) is 34.5 Å². The van der Waals surface area contributed by atoms with Gasteiger partial charge in [-0.15, -0.1) is 0 Å². The Kier molecular flexibility index (Phi) is 13.1. The third kappa shape index (κ3) is 8.83. The molecule has 1 aromatic carbocycles. The molecular weight excluding hydrogens is 739 g/mol. The summed E-state index contributed by atoms with van der Waals surface area (Å²) in [7, 11) is 7.60. The van der Waals surface area contributed by atoms with E-state index < -0.39 is 25.3 Å². The summed E-state index contributed by atoms with van der Waals surface area (Å²) < 4.78 is 2.97. The van der Waals surface area contributed by atoms with Crippen molar-refractivity contribution in [2.45, 2.75) is 144 Å². The van der Waals surface area contributed by atoms with Crippen molar-refractivity contribution in [1.82, 2.24) is 4.57 Å². The first-order valence-corrected chi connectivity index (χ1v) is 26.9. The molecular formula is C47H70Cl2N2SiTi-2. The summed E-state index contributed by atoms with van der Waals surface area (Å²) in [4.78, 5) is 0. The van der Waals surface area contributed by atoms with E-state index in [1.54, 1.807) is 0 Å². The van der Waals surface area contributed by atoms with E-state index in [-0.39, 0.29) is 46.8 Å². The van der Waals surface area contributed by atoms with Crippen LogP contribution in [0.3, 0.4) is 0 Å². The molecule has 1 saturated heterocycles. The Bertz CT molecular complexity index is 1610. The minimum atomic E-state index is -2.18. The van der Waals surface area contributed by atoms with Gasteiger partial charge in [0.15, 0.2) is 0 Å². The Morgan fingerprint density at radius 2 is 1.11 bits per heavy atom. The van der Waals surface area contributed by atoms with Gasteiger partial charge in [0, 0.05) is 6.04 Å². The van der Waals surface area contributed by atoms with Crippen molar-refractivity contribution < 1.29 is 17.0 Å². The summed E-state index contributed by atoms with van der Waals surface area (Å²) in [6.07, 6.45) is 22.8. The van der Waals surface area contributed by atoms with Gasteiger partial charge in [-0.2, -0.15) is 0 Å². The van der Waals surface area contributed by atoms with Crippen LogP contribution >= 0.6 is 18.6 Å². The Labute approximate surface area is 343 Å². The number of hydrogen-bond acceptors (Lipinski definition) is 1. The van der Waals surface area contributed by atoms with E-state index in [2.05, 4.69) is 187 Å². The standard InChI is InChI=1S/C46H67N2Si.CH3.2ClH.Ti/c1-42(2,3)30-20-22-35-36-23-21-31(43(4,5)6)28-38(36)41(37(35)27-30)49(15,16)48-39-19-17-18-34(40(39)47-46(48,13)14)29-24-32(44(7,8)9)26-33(25-29)45(10,11)12;;;;/h17-28,35-41H,1-16H3;1H3;2*1H;/q2*-1;;;+2/p-2/t35?,36?,37?,38?,39-,40?,41?;;;;/m1..../s1. The molecule has 1 heterocycles. The molecule has 0 spiro atoms. The number of rotatable bonds is 3. The average molecular weight is 810 g/mol. The third-order valence-corrected chi connectivity index (χ3v) is 17.1. The van der Waals surface area contributed by atoms with Crippen LogP contribution in [0.5, 0.6) is 0 Å². The maximum absolute atomic E-state index is 5.80. The van der Waals surface area contributed by atoms with E-state index in [1.165, 1.54) is 33.4 Å². The van der Waals surface area contributed by atoms with Gasteiger partial charge in [0.1, 0.15) is 8.24 Å². The van der Waals surface area contributed by atoms with Crippen molar-refractivity contribution in [1.29, 1.82) is 0 Å². The van der Waals surface area contributed by atoms with E-state index in [0.29, 0.717) is 29.2 Å². The molecule has 292 valence electrons. The van der Waals surface area contributed by atoms with Crippen LogP contribution in [0, 0.1) is 41.9 Å². The molecule has 0 bridgehead atoms. The van der Waals surface area contributed by atoms with Gasteiger partial charge in [0.05, 0.1) is 0 Å². The van der Waals surface area contributed by atoms with Gasteiger partial charge in [-0.05, 0) is 78.7 Å². The summed E-state index contributed by atoms with van der Waals surface area (Å²) in [6, 6.07) is 7.78. The third-order valence-electron chi connectivity index (χ3n) is 12.6. The summed E-state index contributed by atoms with van der Waals surface area (Å²) in [5, 5.41) is 5.80. The van der Waals surface area contributed by atoms with Crippen LogP contribution in [0.1, 0.15) is 114 Å². The van der Waals surface area contributed by atoms with Crippen molar-refractivity contribution >= 4 is 32.4 Å². The number of benzene rings is 1. The monoisotopic (exact) mass is 808 g/mol. The SMILES string of the molecule is CC(C)(C)C1=CC2C(C=C1)C1C=CC(C(C)(C)C)=CC1C2[Si](C)(C)N1[C@@H]2C=CC=C(c3cc(C(C)(C)C)cc(C(C)(C)C)c3)C2[N-]C1(C)C.[CH3-].[Cl][Ti][Cl]. The fourth-order valence-corrected chi connectivity index (χ4v) is 15.4. The van der Waals surface area contributed by atoms with Crippen LogP contribution in [0.25, 0.3) is 10.9 Å². The first-order valence-electron chi connectivity index (χ1n) is 19.6. The predicted octanol–water partition coefficient (Wildman–Crippen LogP) is 14.4. The number of allylic oxidation sites excluding steroid dienone is 10. The fourth-order valence-electron chi connectivity index (χ4n) is 10.1. The molecule has 4 aliphatic carbocycles. The maximum atomic E-state index is 5.80. The fraction of sp³-hybridized carbons (Fsp3) is 0.596. The Hall–Kier alpha value is -0.909. The van der Waals surface area contributed by atoms with Gasteiger partial charge in [-0.1, -0.05) is 200 Å². The second-order valence-corrected chi connectivity index (χ2v) is 28.3. The van der Waals surface area contributed by atoms with Crippen LogP contribution < -0.4 is 0 Å². The average Bonchev–Trinajstić information content (AvgIpc) is 3.49. The van der Waals surface area contributed by atoms with Gasteiger partial charge in [0.25, 0.3) is 0 Å². The van der Waals surface area contributed by atoms with E-state index in [4.69, 9.17) is 23.9 Å². The van der Waals surface area contributed by atoms with E-state index in [0.717, 1.165) is 0 Å². The van der Waals surface area contributed by atoms with Crippen molar-refractivity contribution in [3.63, 3.8) is 0 Å². The normalized spacial score (nSPS) is 29.5. The van der Waals surface area contributed by atoms with Gasteiger partial charge >= 0.3 is 35.6 Å². The molecule has 1 aliphatic heterocycles. The van der Waals surface area contributed by atoms with Crippen LogP contribution in [0.2, 0.25) is 18.6 Å². The molecule has 0 aromatic heterocycles. The number of fused-ring (bicyclic) bond motifs is 4. The molecule has 0 radical (unpaired) electrons. The number of halogens is 2. The summed E-state index contributed by atoms with van der Waals surface area (Å²) in [5.74, 6) is 2.17. The minimum absolute atomic E-state index is 0. The Morgan fingerprint density at radius 1 is 0.679 bits per heavy atom. The van der Waals surface area contributed by atoms with Crippen LogP contribution in [0.4, 0.5) is 0 Å². The first kappa shape index (κ1) is 44.8. The van der Waals surface area contributed by atoms with Gasteiger partial charge in [0.2, 0.25) is 0 Å². The molecule has 53 heavy (non-hydrogen) atoms. The molecule has 1 saturated carbocycles. The molecule has 1 aromatic rings. The number of nitrogens with zero attached hydrogens (tertiary/aromatic N) is 2. The van der Waals surface area contributed by atoms with Crippen LogP contribution in [-0.2, 0) is 27.9 Å².